The second kappa shape index (κ2) is 8.17. The summed E-state index contributed by atoms with van der Waals surface area (Å²) in [5.74, 6) is 0. The second-order valence-corrected chi connectivity index (χ2v) is 3.59. The molecule has 86 valence electrons. The van der Waals surface area contributed by atoms with E-state index in [4.69, 9.17) is 19.9 Å². The maximum absolute atomic E-state index is 6.22. The molecule has 4 heteroatoms. The van der Waals surface area contributed by atoms with Crippen molar-refractivity contribution >= 4 is 0 Å². The zero-order valence-corrected chi connectivity index (χ0v) is 9.54. The van der Waals surface area contributed by atoms with Gasteiger partial charge in [-0.3, -0.25) is 0 Å². The molecule has 0 atom stereocenters. The first-order valence-corrected chi connectivity index (χ1v) is 4.94. The summed E-state index contributed by atoms with van der Waals surface area (Å²) in [5, 5.41) is 0. The lowest BCUT2D eigenvalue weighted by Crippen LogP contribution is -2.43. The molecule has 0 saturated heterocycles. The monoisotopic (exact) mass is 205 g/mol. The van der Waals surface area contributed by atoms with Crippen molar-refractivity contribution in [2.24, 2.45) is 5.73 Å². The number of methoxy groups -OCH3 is 3. The van der Waals surface area contributed by atoms with Gasteiger partial charge in [0.15, 0.2) is 0 Å². The Hall–Kier alpha value is -0.160. The highest BCUT2D eigenvalue weighted by molar-refractivity contribution is 4.83. The molecule has 0 aliphatic rings. The van der Waals surface area contributed by atoms with Gasteiger partial charge in [0.25, 0.3) is 0 Å². The Morgan fingerprint density at radius 3 is 1.29 bits per heavy atom. The molecule has 0 unspecified atom stereocenters. The van der Waals surface area contributed by atoms with Gasteiger partial charge < -0.3 is 19.9 Å². The smallest absolute Gasteiger partial charge is 0.0479 e. The van der Waals surface area contributed by atoms with Gasteiger partial charge in [-0.15, -0.1) is 0 Å². The van der Waals surface area contributed by atoms with Crippen LogP contribution in [0, 0.1) is 0 Å². The number of hydrogen-bond acceptors (Lipinski definition) is 4. The second-order valence-electron chi connectivity index (χ2n) is 3.59. The third kappa shape index (κ3) is 6.32. The maximum atomic E-state index is 6.22. The average Bonchev–Trinajstić information content (AvgIpc) is 2.21. The van der Waals surface area contributed by atoms with Crippen molar-refractivity contribution in [3.05, 3.63) is 0 Å². The molecule has 0 bridgehead atoms. The van der Waals surface area contributed by atoms with Crippen LogP contribution in [0.25, 0.3) is 0 Å². The van der Waals surface area contributed by atoms with Crippen molar-refractivity contribution in [3.63, 3.8) is 0 Å². The number of nitrogens with two attached hydrogens (primary N) is 1. The molecule has 0 amide bonds. The summed E-state index contributed by atoms with van der Waals surface area (Å²) in [6.07, 6.45) is 2.53. The highest BCUT2D eigenvalue weighted by Crippen LogP contribution is 2.17. The molecule has 0 fully saturated rings. The van der Waals surface area contributed by atoms with Gasteiger partial charge in [0, 0.05) is 46.7 Å². The van der Waals surface area contributed by atoms with Crippen molar-refractivity contribution in [1.82, 2.24) is 0 Å². The van der Waals surface area contributed by atoms with Crippen LogP contribution in [-0.4, -0.2) is 46.7 Å². The first-order chi connectivity index (χ1) is 6.68. The fraction of sp³-hybridized carbons (Fsp3) is 1.00. The van der Waals surface area contributed by atoms with Gasteiger partial charge in [-0.05, 0) is 19.3 Å². The summed E-state index contributed by atoms with van der Waals surface area (Å²) in [6.45, 7) is 2.05. The van der Waals surface area contributed by atoms with E-state index < -0.39 is 0 Å². The molecule has 0 aliphatic heterocycles. The summed E-state index contributed by atoms with van der Waals surface area (Å²) in [4.78, 5) is 0. The van der Waals surface area contributed by atoms with Crippen molar-refractivity contribution in [2.75, 3.05) is 41.2 Å². The molecule has 4 nitrogen and oxygen atoms in total. The molecule has 0 aromatic heterocycles. The van der Waals surface area contributed by atoms with Crippen LogP contribution in [0.4, 0.5) is 0 Å². The van der Waals surface area contributed by atoms with Gasteiger partial charge in [-0.25, -0.2) is 0 Å². The molecule has 0 heterocycles. The number of rotatable bonds is 9. The van der Waals surface area contributed by atoms with Gasteiger partial charge in [0.2, 0.25) is 0 Å². The van der Waals surface area contributed by atoms with Crippen molar-refractivity contribution in [1.29, 1.82) is 0 Å². The molecule has 0 spiro atoms. The van der Waals surface area contributed by atoms with Crippen LogP contribution in [0.1, 0.15) is 19.3 Å². The SMILES string of the molecule is COCCC(N)(CCOC)CCOC. The van der Waals surface area contributed by atoms with E-state index >= 15 is 0 Å². The molecule has 0 aromatic carbocycles. The van der Waals surface area contributed by atoms with Crippen LogP contribution in [0.15, 0.2) is 0 Å². The Morgan fingerprint density at radius 2 is 1.07 bits per heavy atom. The van der Waals surface area contributed by atoms with E-state index in [1.807, 2.05) is 0 Å². The topological polar surface area (TPSA) is 53.7 Å². The first-order valence-electron chi connectivity index (χ1n) is 4.94. The zero-order valence-electron chi connectivity index (χ0n) is 9.54. The lowest BCUT2D eigenvalue weighted by atomic mass is 9.90. The predicted molar refractivity (Wildman–Crippen MR) is 56.4 cm³/mol. The lowest BCUT2D eigenvalue weighted by Gasteiger charge is -2.28. The van der Waals surface area contributed by atoms with Crippen molar-refractivity contribution in [3.8, 4) is 0 Å². The molecule has 0 aliphatic carbocycles. The third-order valence-electron chi connectivity index (χ3n) is 2.41. The first kappa shape index (κ1) is 13.8. The van der Waals surface area contributed by atoms with Gasteiger partial charge in [0.05, 0.1) is 0 Å². The quantitative estimate of drug-likeness (QED) is 0.605. The van der Waals surface area contributed by atoms with Gasteiger partial charge >= 0.3 is 0 Å². The molecule has 0 rings (SSSR count). The van der Waals surface area contributed by atoms with Crippen LogP contribution in [0.3, 0.4) is 0 Å². The van der Waals surface area contributed by atoms with E-state index in [9.17, 15) is 0 Å². The Labute approximate surface area is 86.7 Å². The van der Waals surface area contributed by atoms with Gasteiger partial charge in [-0.1, -0.05) is 0 Å². The van der Waals surface area contributed by atoms with Crippen LogP contribution >= 0.6 is 0 Å². The van der Waals surface area contributed by atoms with E-state index in [0.717, 1.165) is 19.3 Å². The minimum atomic E-state index is -0.220. The van der Waals surface area contributed by atoms with E-state index in [1.54, 1.807) is 21.3 Å². The van der Waals surface area contributed by atoms with Crippen LogP contribution in [-0.2, 0) is 14.2 Å². The summed E-state index contributed by atoms with van der Waals surface area (Å²) >= 11 is 0. The normalized spacial score (nSPS) is 12.0. The molecule has 14 heavy (non-hydrogen) atoms. The van der Waals surface area contributed by atoms with Crippen LogP contribution < -0.4 is 5.73 Å². The van der Waals surface area contributed by atoms with Gasteiger partial charge in [0.1, 0.15) is 0 Å². The summed E-state index contributed by atoms with van der Waals surface area (Å²) in [7, 11) is 5.06. The molecule has 2 N–H and O–H groups in total. The van der Waals surface area contributed by atoms with Crippen molar-refractivity contribution in [2.45, 2.75) is 24.8 Å². The number of hydrogen-bond donors (Lipinski definition) is 1. The van der Waals surface area contributed by atoms with E-state index in [-0.39, 0.29) is 5.54 Å². The third-order valence-corrected chi connectivity index (χ3v) is 2.41. The van der Waals surface area contributed by atoms with E-state index in [2.05, 4.69) is 0 Å². The fourth-order valence-electron chi connectivity index (χ4n) is 1.29. The maximum Gasteiger partial charge on any atom is 0.0479 e. The minimum Gasteiger partial charge on any atom is -0.385 e. The Balaban J connectivity index is 3.89. The summed E-state index contributed by atoms with van der Waals surface area (Å²) in [5.41, 5.74) is 6.00. The van der Waals surface area contributed by atoms with E-state index in [1.165, 1.54) is 0 Å². The highest BCUT2D eigenvalue weighted by atomic mass is 16.5. The Morgan fingerprint density at radius 1 is 0.786 bits per heavy atom. The van der Waals surface area contributed by atoms with Crippen LogP contribution in [0.5, 0.6) is 0 Å². The van der Waals surface area contributed by atoms with Gasteiger partial charge in [-0.2, -0.15) is 0 Å². The van der Waals surface area contributed by atoms with Crippen LogP contribution in [0.2, 0.25) is 0 Å². The molecular formula is C10H23NO3. The summed E-state index contributed by atoms with van der Waals surface area (Å²) in [6, 6.07) is 0. The zero-order chi connectivity index (χ0) is 10.9. The molecular weight excluding hydrogens is 182 g/mol. The minimum absolute atomic E-state index is 0.220. The van der Waals surface area contributed by atoms with Crippen molar-refractivity contribution < 1.29 is 14.2 Å². The predicted octanol–water partition coefficient (Wildman–Crippen LogP) is 0.793. The average molecular weight is 205 g/mol. The highest BCUT2D eigenvalue weighted by Gasteiger charge is 2.23. The fourth-order valence-corrected chi connectivity index (χ4v) is 1.29. The Kier molecular flexibility index (Phi) is 8.08. The Bertz CT molecular complexity index is 109. The largest absolute Gasteiger partial charge is 0.385 e. The summed E-state index contributed by atoms with van der Waals surface area (Å²) < 4.78 is 15.1. The number of ether oxygens (including phenoxy) is 3. The van der Waals surface area contributed by atoms with E-state index in [0.29, 0.717) is 19.8 Å². The molecule has 0 aromatic rings. The molecule has 0 radical (unpaired) electrons. The molecule has 0 saturated carbocycles. The standard InChI is InChI=1S/C10H23NO3/c1-12-7-4-10(11,5-8-13-2)6-9-14-3/h4-9,11H2,1-3H3. The lowest BCUT2D eigenvalue weighted by molar-refractivity contribution is 0.106.